The molecule has 4 atom stereocenters. The van der Waals surface area contributed by atoms with Crippen LogP contribution in [0.1, 0.15) is 60.8 Å². The Kier molecular flexibility index (Phi) is 7.54. The number of nitrogens with one attached hydrogen (secondary N) is 1. The normalized spacial score (nSPS) is 27.0. The largest absolute Gasteiger partial charge is 0.462 e. The van der Waals surface area contributed by atoms with Crippen molar-refractivity contribution in [2.45, 2.75) is 73.0 Å². The Hall–Kier alpha value is -0.900. The highest BCUT2D eigenvalue weighted by molar-refractivity contribution is 5.84. The van der Waals surface area contributed by atoms with Gasteiger partial charge < -0.3 is 4.74 Å². The fraction of sp³-hybridized carbons (Fsp3) is 0.889. The Labute approximate surface area is 135 Å². The van der Waals surface area contributed by atoms with Crippen LogP contribution in [0.3, 0.4) is 0 Å². The SMILES string of the molecule is CC(C)OC(=O)[C@@H](C)NCC(=O)[C@@H]1C[C@H](C)CC[C@H]1C(C)C. The lowest BCUT2D eigenvalue weighted by atomic mass is 9.68. The molecule has 0 saturated heterocycles. The molecule has 0 aromatic carbocycles. The maximum absolute atomic E-state index is 12.6. The summed E-state index contributed by atoms with van der Waals surface area (Å²) in [6.45, 7) is 12.3. The van der Waals surface area contributed by atoms with E-state index in [1.807, 2.05) is 13.8 Å². The maximum Gasteiger partial charge on any atom is 0.323 e. The standard InChI is InChI=1S/C18H33NO3/c1-11(2)15-8-7-13(5)9-16(15)17(20)10-19-14(6)18(21)22-12(3)4/h11-16,19H,7-10H2,1-6H3/t13-,14-,15+,16-/m1/s1. The van der Waals surface area contributed by atoms with Gasteiger partial charge >= 0.3 is 5.97 Å². The number of hydrogen-bond acceptors (Lipinski definition) is 4. The molecule has 1 fully saturated rings. The van der Waals surface area contributed by atoms with Gasteiger partial charge in [-0.3, -0.25) is 14.9 Å². The molecule has 1 aliphatic carbocycles. The number of rotatable bonds is 7. The van der Waals surface area contributed by atoms with Gasteiger partial charge in [-0.15, -0.1) is 0 Å². The number of ketones is 1. The van der Waals surface area contributed by atoms with E-state index in [2.05, 4.69) is 26.1 Å². The molecule has 1 N–H and O–H groups in total. The number of Topliss-reactive ketones (excluding diaryl/α,β-unsaturated/α-hetero) is 1. The van der Waals surface area contributed by atoms with Crippen LogP contribution in [0.5, 0.6) is 0 Å². The Morgan fingerprint density at radius 2 is 1.77 bits per heavy atom. The van der Waals surface area contributed by atoms with Gasteiger partial charge in [-0.1, -0.05) is 27.2 Å². The smallest absolute Gasteiger partial charge is 0.323 e. The van der Waals surface area contributed by atoms with Gasteiger partial charge in [0.25, 0.3) is 0 Å². The first kappa shape index (κ1) is 19.1. The number of hydrogen-bond donors (Lipinski definition) is 1. The number of ether oxygens (including phenoxy) is 1. The summed E-state index contributed by atoms with van der Waals surface area (Å²) in [5, 5.41) is 3.04. The molecule has 0 aromatic rings. The summed E-state index contributed by atoms with van der Waals surface area (Å²) in [5.41, 5.74) is 0. The highest BCUT2D eigenvalue weighted by Crippen LogP contribution is 2.38. The van der Waals surface area contributed by atoms with Gasteiger partial charge in [0.05, 0.1) is 12.6 Å². The molecule has 0 aliphatic heterocycles. The summed E-state index contributed by atoms with van der Waals surface area (Å²) in [6.07, 6.45) is 3.21. The molecule has 0 unspecified atom stereocenters. The highest BCUT2D eigenvalue weighted by atomic mass is 16.5. The van der Waals surface area contributed by atoms with Crippen molar-refractivity contribution in [3.05, 3.63) is 0 Å². The third kappa shape index (κ3) is 5.71. The first-order valence-electron chi connectivity index (χ1n) is 8.68. The molecule has 0 aromatic heterocycles. The summed E-state index contributed by atoms with van der Waals surface area (Å²) >= 11 is 0. The molecule has 128 valence electrons. The summed E-state index contributed by atoms with van der Waals surface area (Å²) in [4.78, 5) is 24.4. The van der Waals surface area contributed by atoms with Crippen molar-refractivity contribution in [3.63, 3.8) is 0 Å². The molecule has 0 heterocycles. The van der Waals surface area contributed by atoms with Gasteiger partial charge in [0.2, 0.25) is 0 Å². The van der Waals surface area contributed by atoms with E-state index in [4.69, 9.17) is 4.74 Å². The molecular formula is C18H33NO3. The zero-order chi connectivity index (χ0) is 16.9. The number of carbonyl (C=O) groups is 2. The van der Waals surface area contributed by atoms with Crippen LogP contribution in [0.4, 0.5) is 0 Å². The van der Waals surface area contributed by atoms with Crippen LogP contribution >= 0.6 is 0 Å². The first-order chi connectivity index (χ1) is 10.2. The fourth-order valence-electron chi connectivity index (χ4n) is 3.37. The Morgan fingerprint density at radius 3 is 2.32 bits per heavy atom. The van der Waals surface area contributed by atoms with Gasteiger partial charge in [0.15, 0.2) is 0 Å². The molecule has 0 radical (unpaired) electrons. The third-order valence-electron chi connectivity index (χ3n) is 4.72. The van der Waals surface area contributed by atoms with E-state index in [0.717, 1.165) is 12.8 Å². The maximum atomic E-state index is 12.6. The fourth-order valence-corrected chi connectivity index (χ4v) is 3.37. The second-order valence-corrected chi connectivity index (χ2v) is 7.49. The van der Waals surface area contributed by atoms with E-state index < -0.39 is 6.04 Å². The average Bonchev–Trinajstić information content (AvgIpc) is 2.43. The van der Waals surface area contributed by atoms with E-state index in [1.165, 1.54) is 6.42 Å². The predicted molar refractivity (Wildman–Crippen MR) is 88.5 cm³/mol. The van der Waals surface area contributed by atoms with Crippen LogP contribution in [0, 0.1) is 23.7 Å². The Balaban J connectivity index is 2.53. The van der Waals surface area contributed by atoms with E-state index in [0.29, 0.717) is 17.8 Å². The molecular weight excluding hydrogens is 278 g/mol. The van der Waals surface area contributed by atoms with Crippen molar-refractivity contribution in [3.8, 4) is 0 Å². The van der Waals surface area contributed by atoms with Crippen molar-refractivity contribution in [2.75, 3.05) is 6.54 Å². The molecule has 1 aliphatic rings. The van der Waals surface area contributed by atoms with Crippen molar-refractivity contribution in [1.82, 2.24) is 5.32 Å². The van der Waals surface area contributed by atoms with E-state index in [9.17, 15) is 9.59 Å². The van der Waals surface area contributed by atoms with Gasteiger partial charge in [-0.2, -0.15) is 0 Å². The molecule has 1 rings (SSSR count). The van der Waals surface area contributed by atoms with Gasteiger partial charge in [-0.25, -0.2) is 0 Å². The van der Waals surface area contributed by atoms with Crippen molar-refractivity contribution >= 4 is 11.8 Å². The first-order valence-corrected chi connectivity index (χ1v) is 8.68. The molecule has 0 spiro atoms. The quantitative estimate of drug-likeness (QED) is 0.734. The molecule has 1 saturated carbocycles. The van der Waals surface area contributed by atoms with Crippen LogP contribution in [-0.2, 0) is 14.3 Å². The van der Waals surface area contributed by atoms with Crippen LogP contribution < -0.4 is 5.32 Å². The molecule has 0 bridgehead atoms. The second kappa shape index (κ2) is 8.66. The summed E-state index contributed by atoms with van der Waals surface area (Å²) in [7, 11) is 0. The second-order valence-electron chi connectivity index (χ2n) is 7.49. The van der Waals surface area contributed by atoms with Crippen molar-refractivity contribution in [1.29, 1.82) is 0 Å². The van der Waals surface area contributed by atoms with Gasteiger partial charge in [0.1, 0.15) is 11.8 Å². The Bertz CT molecular complexity index is 379. The Morgan fingerprint density at radius 1 is 1.14 bits per heavy atom. The van der Waals surface area contributed by atoms with Crippen LogP contribution in [-0.4, -0.2) is 30.4 Å². The molecule has 0 amide bonds. The minimum atomic E-state index is -0.440. The predicted octanol–water partition coefficient (Wildman–Crippen LogP) is 3.19. The monoisotopic (exact) mass is 311 g/mol. The zero-order valence-electron chi connectivity index (χ0n) is 15.0. The zero-order valence-corrected chi connectivity index (χ0v) is 15.0. The van der Waals surface area contributed by atoms with Crippen molar-refractivity contribution in [2.24, 2.45) is 23.7 Å². The lowest BCUT2D eigenvalue weighted by Crippen LogP contribution is -2.43. The number of carbonyl (C=O) groups excluding carboxylic acids is 2. The van der Waals surface area contributed by atoms with Crippen molar-refractivity contribution < 1.29 is 14.3 Å². The molecule has 4 heteroatoms. The van der Waals surface area contributed by atoms with Gasteiger partial charge in [0, 0.05) is 5.92 Å². The minimum Gasteiger partial charge on any atom is -0.462 e. The summed E-state index contributed by atoms with van der Waals surface area (Å²) in [6, 6.07) is -0.440. The molecule has 22 heavy (non-hydrogen) atoms. The lowest BCUT2D eigenvalue weighted by molar-refractivity contribution is -0.149. The summed E-state index contributed by atoms with van der Waals surface area (Å²) < 4.78 is 5.15. The third-order valence-corrected chi connectivity index (χ3v) is 4.72. The lowest BCUT2D eigenvalue weighted by Gasteiger charge is -2.36. The van der Waals surface area contributed by atoms with Crippen LogP contribution in [0.2, 0.25) is 0 Å². The topological polar surface area (TPSA) is 55.4 Å². The van der Waals surface area contributed by atoms with Gasteiger partial charge in [-0.05, 0) is 51.4 Å². The summed E-state index contributed by atoms with van der Waals surface area (Å²) in [5.74, 6) is 1.71. The molecule has 4 nitrogen and oxygen atoms in total. The average molecular weight is 311 g/mol. The van der Waals surface area contributed by atoms with E-state index in [-0.39, 0.29) is 30.3 Å². The van der Waals surface area contributed by atoms with E-state index >= 15 is 0 Å². The minimum absolute atomic E-state index is 0.128. The van der Waals surface area contributed by atoms with Crippen LogP contribution in [0.15, 0.2) is 0 Å². The highest BCUT2D eigenvalue weighted by Gasteiger charge is 2.35. The van der Waals surface area contributed by atoms with E-state index in [1.54, 1.807) is 6.92 Å². The van der Waals surface area contributed by atoms with Crippen LogP contribution in [0.25, 0.3) is 0 Å². The number of esters is 1.